The van der Waals surface area contributed by atoms with E-state index >= 15 is 0 Å². The highest BCUT2D eigenvalue weighted by Crippen LogP contribution is 2.33. The molecule has 0 spiro atoms. The van der Waals surface area contributed by atoms with Crippen LogP contribution >= 0.6 is 0 Å². The summed E-state index contributed by atoms with van der Waals surface area (Å²) in [6.45, 7) is 6.70. The second-order valence-corrected chi connectivity index (χ2v) is 9.00. The van der Waals surface area contributed by atoms with Crippen LogP contribution in [0.2, 0.25) is 0 Å². The normalized spacial score (nSPS) is 16.2. The van der Waals surface area contributed by atoms with Gasteiger partial charge in [0.15, 0.2) is 17.5 Å². The predicted molar refractivity (Wildman–Crippen MR) is 118 cm³/mol. The molecule has 1 N–H and O–H groups in total. The van der Waals surface area contributed by atoms with Gasteiger partial charge < -0.3 is 10.2 Å². The molecule has 3 aromatic rings. The first-order chi connectivity index (χ1) is 15.2. The quantitative estimate of drug-likeness (QED) is 0.667. The number of aromatic nitrogens is 2. The first-order valence-corrected chi connectivity index (χ1v) is 10.4. The van der Waals surface area contributed by atoms with Gasteiger partial charge in [0.05, 0.1) is 22.7 Å². The van der Waals surface area contributed by atoms with Crippen LogP contribution in [0.4, 0.5) is 14.6 Å². The third-order valence-electron chi connectivity index (χ3n) is 5.46. The highest BCUT2D eigenvalue weighted by molar-refractivity contribution is 5.84. The molecule has 1 saturated heterocycles. The van der Waals surface area contributed by atoms with Crippen molar-refractivity contribution in [2.24, 2.45) is 5.41 Å². The third kappa shape index (κ3) is 4.24. The van der Waals surface area contributed by atoms with Gasteiger partial charge in [0.2, 0.25) is 5.91 Å². The van der Waals surface area contributed by atoms with Gasteiger partial charge in [-0.2, -0.15) is 5.26 Å². The number of halogens is 2. The summed E-state index contributed by atoms with van der Waals surface area (Å²) in [6.07, 6.45) is 0.719. The average Bonchev–Trinajstić information content (AvgIpc) is 3.21. The zero-order valence-electron chi connectivity index (χ0n) is 18.1. The first-order valence-electron chi connectivity index (χ1n) is 10.4. The number of hydrogen-bond acceptors (Lipinski definition) is 5. The van der Waals surface area contributed by atoms with Crippen LogP contribution < -0.4 is 10.2 Å². The number of rotatable bonds is 3. The number of nitrogens with one attached hydrogen (secondary N) is 1. The smallest absolute Gasteiger partial charge is 0.225 e. The number of carbonyl (C=O) groups excluding carboxylic acids is 1. The highest BCUT2D eigenvalue weighted by atomic mass is 19.2. The maximum absolute atomic E-state index is 13.9. The van der Waals surface area contributed by atoms with Crippen LogP contribution in [0.3, 0.4) is 0 Å². The van der Waals surface area contributed by atoms with Crippen molar-refractivity contribution in [2.75, 3.05) is 18.0 Å². The fraction of sp³-hybridized carbons (Fsp3) is 0.333. The summed E-state index contributed by atoms with van der Waals surface area (Å²) >= 11 is 0. The lowest BCUT2D eigenvalue weighted by molar-refractivity contribution is -0.129. The monoisotopic (exact) mass is 435 g/mol. The summed E-state index contributed by atoms with van der Waals surface area (Å²) in [6, 6.07) is 11.0. The summed E-state index contributed by atoms with van der Waals surface area (Å²) in [7, 11) is 0. The van der Waals surface area contributed by atoms with E-state index in [-0.39, 0.29) is 23.0 Å². The van der Waals surface area contributed by atoms with Crippen LogP contribution in [0.25, 0.3) is 22.3 Å². The Morgan fingerprint density at radius 2 is 1.84 bits per heavy atom. The highest BCUT2D eigenvalue weighted by Gasteiger charge is 2.31. The maximum atomic E-state index is 13.9. The Hall–Kier alpha value is -3.60. The van der Waals surface area contributed by atoms with Crippen molar-refractivity contribution in [1.29, 1.82) is 5.26 Å². The zero-order chi connectivity index (χ0) is 23.0. The molecular weight excluding hydrogens is 412 g/mol. The molecule has 1 aliphatic rings. The van der Waals surface area contributed by atoms with Gasteiger partial charge in [-0.05, 0) is 18.6 Å². The summed E-state index contributed by atoms with van der Waals surface area (Å²) in [5.41, 5.74) is 1.55. The lowest BCUT2D eigenvalue weighted by Crippen LogP contribution is -2.43. The van der Waals surface area contributed by atoms with Crippen LogP contribution in [0.5, 0.6) is 0 Å². The molecule has 2 heterocycles. The molecular formula is C24H23F2N5O. The van der Waals surface area contributed by atoms with Gasteiger partial charge in [-0.1, -0.05) is 32.9 Å². The lowest BCUT2D eigenvalue weighted by atomic mass is 9.95. The van der Waals surface area contributed by atoms with Crippen LogP contribution in [0.15, 0.2) is 36.4 Å². The van der Waals surface area contributed by atoms with Crippen molar-refractivity contribution in [3.63, 3.8) is 0 Å². The molecule has 0 bridgehead atoms. The molecule has 0 aliphatic carbocycles. The zero-order valence-corrected chi connectivity index (χ0v) is 18.1. The molecule has 1 unspecified atom stereocenters. The second kappa shape index (κ2) is 8.15. The molecule has 1 fully saturated rings. The number of benzene rings is 2. The molecule has 164 valence electrons. The third-order valence-corrected chi connectivity index (χ3v) is 5.46. The Kier molecular flexibility index (Phi) is 5.51. The topological polar surface area (TPSA) is 81.9 Å². The first kappa shape index (κ1) is 21.6. The molecule has 0 saturated carbocycles. The van der Waals surface area contributed by atoms with Gasteiger partial charge in [-0.3, -0.25) is 4.79 Å². The molecule has 6 nitrogen and oxygen atoms in total. The van der Waals surface area contributed by atoms with E-state index < -0.39 is 17.0 Å². The number of carbonyl (C=O) groups is 1. The van der Waals surface area contributed by atoms with Crippen molar-refractivity contribution in [3.05, 3.63) is 53.6 Å². The number of nitrogens with zero attached hydrogens (tertiary/aromatic N) is 4. The Morgan fingerprint density at radius 1 is 1.16 bits per heavy atom. The van der Waals surface area contributed by atoms with Gasteiger partial charge in [-0.15, -0.1) is 0 Å². The van der Waals surface area contributed by atoms with E-state index in [1.807, 2.05) is 25.7 Å². The van der Waals surface area contributed by atoms with Crippen molar-refractivity contribution in [1.82, 2.24) is 15.3 Å². The SMILES string of the molecule is CC(C)(C)C(=O)NC1CCN(c2nc3cc(F)c(F)cc3nc2-c2cccc(C#N)c2)C1. The van der Waals surface area contributed by atoms with Crippen molar-refractivity contribution in [2.45, 2.75) is 33.2 Å². The van der Waals surface area contributed by atoms with E-state index in [1.54, 1.807) is 24.3 Å². The minimum atomic E-state index is -0.998. The van der Waals surface area contributed by atoms with Crippen LogP contribution in [0.1, 0.15) is 32.8 Å². The largest absolute Gasteiger partial charge is 0.353 e. The fourth-order valence-corrected chi connectivity index (χ4v) is 3.66. The van der Waals surface area contributed by atoms with Crippen molar-refractivity contribution >= 4 is 22.8 Å². The molecule has 8 heteroatoms. The van der Waals surface area contributed by atoms with E-state index in [0.29, 0.717) is 35.7 Å². The lowest BCUT2D eigenvalue weighted by Gasteiger charge is -2.23. The maximum Gasteiger partial charge on any atom is 0.225 e. The average molecular weight is 435 g/mol. The van der Waals surface area contributed by atoms with E-state index in [1.165, 1.54) is 0 Å². The van der Waals surface area contributed by atoms with Gasteiger partial charge in [0.25, 0.3) is 0 Å². The summed E-state index contributed by atoms with van der Waals surface area (Å²) < 4.78 is 27.7. The molecule has 2 aromatic carbocycles. The van der Waals surface area contributed by atoms with Crippen LogP contribution in [-0.2, 0) is 4.79 Å². The Bertz CT molecular complexity index is 1250. The molecule has 1 atom stereocenters. The standard InChI is InChI=1S/C24H23F2N5O/c1-24(2,3)23(32)28-16-7-8-31(13-16)22-21(15-6-4-5-14(9-15)12-27)29-19-10-17(25)18(26)11-20(19)30-22/h4-6,9-11,16H,7-8,13H2,1-3H3,(H,28,32). The predicted octanol–water partition coefficient (Wildman–Crippen LogP) is 4.19. The van der Waals surface area contributed by atoms with Crippen molar-refractivity contribution < 1.29 is 13.6 Å². The molecule has 1 aromatic heterocycles. The number of anilines is 1. The summed E-state index contributed by atoms with van der Waals surface area (Å²) in [5, 5.41) is 12.4. The van der Waals surface area contributed by atoms with Crippen LogP contribution in [-0.4, -0.2) is 35.0 Å². The molecule has 4 rings (SSSR count). The van der Waals surface area contributed by atoms with E-state index in [4.69, 9.17) is 0 Å². The number of hydrogen-bond donors (Lipinski definition) is 1. The van der Waals surface area contributed by atoms with Gasteiger partial charge in [0.1, 0.15) is 5.69 Å². The minimum absolute atomic E-state index is 0.0339. The fourth-order valence-electron chi connectivity index (χ4n) is 3.66. The summed E-state index contributed by atoms with van der Waals surface area (Å²) in [5.74, 6) is -1.52. The van der Waals surface area contributed by atoms with Gasteiger partial charge in [0, 0.05) is 42.2 Å². The molecule has 1 aliphatic heterocycles. The Morgan fingerprint density at radius 3 is 2.50 bits per heavy atom. The molecule has 32 heavy (non-hydrogen) atoms. The second-order valence-electron chi connectivity index (χ2n) is 9.00. The number of fused-ring (bicyclic) bond motifs is 1. The van der Waals surface area contributed by atoms with E-state index in [9.17, 15) is 18.8 Å². The van der Waals surface area contributed by atoms with Gasteiger partial charge >= 0.3 is 0 Å². The molecule has 0 radical (unpaired) electrons. The van der Waals surface area contributed by atoms with Gasteiger partial charge in [-0.25, -0.2) is 18.7 Å². The van der Waals surface area contributed by atoms with Crippen molar-refractivity contribution in [3.8, 4) is 17.3 Å². The van der Waals surface area contributed by atoms with E-state index in [2.05, 4.69) is 21.4 Å². The Labute approximate surface area is 184 Å². The molecule has 1 amide bonds. The number of amides is 1. The number of nitriles is 1. The minimum Gasteiger partial charge on any atom is -0.353 e. The van der Waals surface area contributed by atoms with Crippen LogP contribution in [0, 0.1) is 28.4 Å². The Balaban J connectivity index is 1.76. The summed E-state index contributed by atoms with van der Waals surface area (Å²) in [4.78, 5) is 23.6. The van der Waals surface area contributed by atoms with E-state index in [0.717, 1.165) is 18.6 Å².